The number of fused-ring (bicyclic) bond motifs is 1. The van der Waals surface area contributed by atoms with E-state index >= 15 is 0 Å². The number of unbranched alkanes of at least 4 members (excludes halogenated alkanes) is 3. The summed E-state index contributed by atoms with van der Waals surface area (Å²) in [4.78, 5) is 15.5. The van der Waals surface area contributed by atoms with Crippen molar-refractivity contribution in [3.8, 4) is 0 Å². The minimum atomic E-state index is 0.116. The first-order chi connectivity index (χ1) is 12.2. The van der Waals surface area contributed by atoms with Crippen LogP contribution in [0.15, 0.2) is 54.6 Å². The van der Waals surface area contributed by atoms with Crippen LogP contribution in [0.5, 0.6) is 0 Å². The highest BCUT2D eigenvalue weighted by atomic mass is 16.1. The predicted molar refractivity (Wildman–Crippen MR) is 105 cm³/mol. The van der Waals surface area contributed by atoms with E-state index in [-0.39, 0.29) is 5.91 Å². The van der Waals surface area contributed by atoms with E-state index in [2.05, 4.69) is 40.6 Å². The minimum Gasteiger partial charge on any atom is -0.358 e. The summed E-state index contributed by atoms with van der Waals surface area (Å²) in [6, 6.07) is 18.5. The molecule has 0 spiro atoms. The molecule has 0 aliphatic carbocycles. The highest BCUT2D eigenvalue weighted by Gasteiger charge is 2.04. The van der Waals surface area contributed by atoms with E-state index in [1.54, 1.807) is 0 Å². The number of rotatable bonds is 8. The Morgan fingerprint density at radius 2 is 1.72 bits per heavy atom. The maximum atomic E-state index is 12.0. The first-order valence-corrected chi connectivity index (χ1v) is 9.14. The van der Waals surface area contributed by atoms with Crippen LogP contribution in [0.1, 0.15) is 43.4 Å². The molecule has 0 aliphatic rings. The van der Waals surface area contributed by atoms with Gasteiger partial charge in [-0.1, -0.05) is 49.2 Å². The zero-order chi connectivity index (χ0) is 17.5. The number of hydrogen-bond donors (Lipinski definition) is 2. The molecule has 0 radical (unpaired) electrons. The molecule has 0 bridgehead atoms. The molecule has 0 unspecified atom stereocenters. The number of aromatic amines is 1. The molecule has 0 fully saturated rings. The van der Waals surface area contributed by atoms with Crippen LogP contribution in [-0.4, -0.2) is 10.9 Å². The third-order valence-corrected chi connectivity index (χ3v) is 4.60. The topological polar surface area (TPSA) is 44.9 Å². The van der Waals surface area contributed by atoms with Gasteiger partial charge in [0, 0.05) is 23.3 Å². The number of para-hydroxylation sites is 2. The number of nitrogens with one attached hydrogen (secondary N) is 2. The van der Waals surface area contributed by atoms with Gasteiger partial charge in [-0.2, -0.15) is 0 Å². The highest BCUT2D eigenvalue weighted by molar-refractivity contribution is 5.91. The van der Waals surface area contributed by atoms with E-state index in [4.69, 9.17) is 0 Å². The zero-order valence-electron chi connectivity index (χ0n) is 14.8. The monoisotopic (exact) mass is 334 g/mol. The molecule has 3 aromatic rings. The number of carbonyl (C=O) groups excluding carboxylic acids is 1. The third-order valence-electron chi connectivity index (χ3n) is 4.60. The van der Waals surface area contributed by atoms with Gasteiger partial charge in [-0.25, -0.2) is 0 Å². The van der Waals surface area contributed by atoms with Crippen LogP contribution in [-0.2, 0) is 11.2 Å². The smallest absolute Gasteiger partial charge is 0.224 e. The van der Waals surface area contributed by atoms with Gasteiger partial charge in [-0.05, 0) is 55.3 Å². The molecule has 0 saturated carbocycles. The second-order valence-corrected chi connectivity index (χ2v) is 6.66. The van der Waals surface area contributed by atoms with Crippen LogP contribution < -0.4 is 5.32 Å². The maximum Gasteiger partial charge on any atom is 0.224 e. The Bertz CT molecular complexity index is 802. The fourth-order valence-electron chi connectivity index (χ4n) is 3.15. The van der Waals surface area contributed by atoms with E-state index < -0.39 is 0 Å². The number of carbonyl (C=O) groups is 1. The maximum absolute atomic E-state index is 12.0. The van der Waals surface area contributed by atoms with E-state index in [9.17, 15) is 4.79 Å². The average Bonchev–Trinajstić information content (AvgIpc) is 3.03. The molecule has 1 amide bonds. The molecular formula is C22H26N2O. The summed E-state index contributed by atoms with van der Waals surface area (Å²) < 4.78 is 0. The van der Waals surface area contributed by atoms with E-state index in [1.165, 1.54) is 16.6 Å². The first-order valence-electron chi connectivity index (χ1n) is 9.14. The number of benzene rings is 2. The van der Waals surface area contributed by atoms with Crippen molar-refractivity contribution in [2.24, 2.45) is 0 Å². The molecule has 1 heterocycles. The molecule has 2 N–H and O–H groups in total. The number of anilines is 1. The summed E-state index contributed by atoms with van der Waals surface area (Å²) in [5.41, 5.74) is 4.55. The second-order valence-electron chi connectivity index (χ2n) is 6.66. The molecule has 0 aliphatic heterocycles. The summed E-state index contributed by atoms with van der Waals surface area (Å²) >= 11 is 0. The summed E-state index contributed by atoms with van der Waals surface area (Å²) in [5, 5.41) is 4.28. The highest BCUT2D eigenvalue weighted by Crippen LogP contribution is 2.17. The molecule has 3 rings (SSSR count). The molecular weight excluding hydrogens is 308 g/mol. The van der Waals surface area contributed by atoms with Crippen molar-refractivity contribution in [3.63, 3.8) is 0 Å². The molecule has 0 saturated heterocycles. The summed E-state index contributed by atoms with van der Waals surface area (Å²) in [7, 11) is 0. The van der Waals surface area contributed by atoms with Crippen molar-refractivity contribution >= 4 is 22.5 Å². The van der Waals surface area contributed by atoms with Crippen LogP contribution in [0, 0.1) is 6.92 Å². The van der Waals surface area contributed by atoms with Crippen molar-refractivity contribution in [3.05, 3.63) is 65.9 Å². The molecule has 2 aromatic carbocycles. The Morgan fingerprint density at radius 1 is 0.960 bits per heavy atom. The fourth-order valence-corrected chi connectivity index (χ4v) is 3.15. The van der Waals surface area contributed by atoms with Crippen molar-refractivity contribution in [2.45, 2.75) is 45.4 Å². The van der Waals surface area contributed by atoms with Crippen molar-refractivity contribution in [1.29, 1.82) is 0 Å². The predicted octanol–water partition coefficient (Wildman–Crippen LogP) is 5.61. The Kier molecular flexibility index (Phi) is 5.89. The molecule has 3 nitrogen and oxygen atoms in total. The lowest BCUT2D eigenvalue weighted by Gasteiger charge is -2.07. The molecule has 1 aromatic heterocycles. The molecule has 0 atom stereocenters. The van der Waals surface area contributed by atoms with Crippen LogP contribution in [0.3, 0.4) is 0 Å². The van der Waals surface area contributed by atoms with Crippen LogP contribution >= 0.6 is 0 Å². The summed E-state index contributed by atoms with van der Waals surface area (Å²) in [6.45, 7) is 2.01. The van der Waals surface area contributed by atoms with Gasteiger partial charge in [0.1, 0.15) is 0 Å². The zero-order valence-corrected chi connectivity index (χ0v) is 14.8. The van der Waals surface area contributed by atoms with Gasteiger partial charge in [0.15, 0.2) is 0 Å². The quantitative estimate of drug-likeness (QED) is 0.517. The summed E-state index contributed by atoms with van der Waals surface area (Å²) in [5.74, 6) is 0.116. The van der Waals surface area contributed by atoms with E-state index in [0.717, 1.165) is 43.4 Å². The standard InChI is InChI=1S/C22H26N2O/c1-17-10-6-8-13-20(17)24-22(25)15-5-3-2-4-12-19-16-18-11-7-9-14-21(18)23-19/h6-11,13-14,16,23H,2-5,12,15H2,1H3,(H,24,25). The second kappa shape index (κ2) is 8.52. The van der Waals surface area contributed by atoms with Gasteiger partial charge in [0.2, 0.25) is 5.91 Å². The third kappa shape index (κ3) is 4.96. The Hall–Kier alpha value is -2.55. The molecule has 130 valence electrons. The Morgan fingerprint density at radius 3 is 2.56 bits per heavy atom. The van der Waals surface area contributed by atoms with Gasteiger partial charge in [0.25, 0.3) is 0 Å². The SMILES string of the molecule is Cc1ccccc1NC(=O)CCCCCCc1cc2ccccc2[nH]1. The van der Waals surface area contributed by atoms with E-state index in [1.807, 2.05) is 31.2 Å². The van der Waals surface area contributed by atoms with Gasteiger partial charge in [0.05, 0.1) is 0 Å². The normalized spacial score (nSPS) is 10.9. The molecule has 3 heteroatoms. The lowest BCUT2D eigenvalue weighted by Crippen LogP contribution is -2.11. The minimum absolute atomic E-state index is 0.116. The van der Waals surface area contributed by atoms with Crippen molar-refractivity contribution < 1.29 is 4.79 Å². The van der Waals surface area contributed by atoms with Gasteiger partial charge in [-0.15, -0.1) is 0 Å². The number of hydrogen-bond acceptors (Lipinski definition) is 1. The van der Waals surface area contributed by atoms with Crippen molar-refractivity contribution in [1.82, 2.24) is 4.98 Å². The van der Waals surface area contributed by atoms with Gasteiger partial charge < -0.3 is 10.3 Å². The largest absolute Gasteiger partial charge is 0.358 e. The van der Waals surface area contributed by atoms with Crippen molar-refractivity contribution in [2.75, 3.05) is 5.32 Å². The number of aromatic nitrogens is 1. The number of aryl methyl sites for hydroxylation is 2. The molecule has 25 heavy (non-hydrogen) atoms. The Balaban J connectivity index is 1.32. The van der Waals surface area contributed by atoms with Gasteiger partial charge in [-0.3, -0.25) is 4.79 Å². The van der Waals surface area contributed by atoms with Crippen LogP contribution in [0.25, 0.3) is 10.9 Å². The lowest BCUT2D eigenvalue weighted by atomic mass is 10.1. The first kappa shape index (κ1) is 17.3. The number of H-pyrrole nitrogens is 1. The summed E-state index contributed by atoms with van der Waals surface area (Å²) in [6.07, 6.45) is 6.04. The Labute approximate surface area is 149 Å². The van der Waals surface area contributed by atoms with E-state index in [0.29, 0.717) is 6.42 Å². The van der Waals surface area contributed by atoms with Gasteiger partial charge >= 0.3 is 0 Å². The van der Waals surface area contributed by atoms with Crippen LogP contribution in [0.4, 0.5) is 5.69 Å². The number of amides is 1. The fraction of sp³-hybridized carbons (Fsp3) is 0.318. The lowest BCUT2D eigenvalue weighted by molar-refractivity contribution is -0.116. The van der Waals surface area contributed by atoms with Crippen LogP contribution in [0.2, 0.25) is 0 Å². The average molecular weight is 334 g/mol.